The van der Waals surface area contributed by atoms with Crippen LogP contribution in [0.25, 0.3) is 0 Å². The number of amides is 1. The maximum absolute atomic E-state index is 12.1. The zero-order valence-corrected chi connectivity index (χ0v) is 10.1. The van der Waals surface area contributed by atoms with Gasteiger partial charge in [-0.1, -0.05) is 0 Å². The number of ether oxygens (including phenoxy) is 1. The molecule has 1 aliphatic rings. The highest BCUT2D eigenvalue weighted by Gasteiger charge is 2.29. The molecule has 1 N–H and O–H groups in total. The maximum atomic E-state index is 12.1. The summed E-state index contributed by atoms with van der Waals surface area (Å²) >= 11 is 0. The Morgan fingerprint density at radius 3 is 2.89 bits per heavy atom. The molecule has 0 saturated heterocycles. The van der Waals surface area contributed by atoms with Crippen LogP contribution in [0.5, 0.6) is 5.75 Å². The van der Waals surface area contributed by atoms with Gasteiger partial charge in [0.05, 0.1) is 11.8 Å². The second-order valence-electron chi connectivity index (χ2n) is 4.61. The third-order valence-electron chi connectivity index (χ3n) is 2.72. The summed E-state index contributed by atoms with van der Waals surface area (Å²) in [6.45, 7) is 3.09. The third-order valence-corrected chi connectivity index (χ3v) is 2.72. The fourth-order valence-corrected chi connectivity index (χ4v) is 1.64. The summed E-state index contributed by atoms with van der Waals surface area (Å²) in [7, 11) is 0. The van der Waals surface area contributed by atoms with E-state index in [1.807, 2.05) is 6.07 Å². The Morgan fingerprint density at radius 2 is 2.22 bits per heavy atom. The van der Waals surface area contributed by atoms with Crippen molar-refractivity contribution < 1.29 is 14.3 Å². The summed E-state index contributed by atoms with van der Waals surface area (Å²) in [5.41, 5.74) is -0.245. The van der Waals surface area contributed by atoms with Crippen LogP contribution in [0.15, 0.2) is 18.2 Å². The Balaban J connectivity index is 2.38. The summed E-state index contributed by atoms with van der Waals surface area (Å²) in [5.74, 6) is -0.0137. The fourth-order valence-electron chi connectivity index (χ4n) is 1.64. The first-order chi connectivity index (χ1) is 8.44. The molecule has 5 heteroatoms. The number of carbonyl (C=O) groups is 2. The van der Waals surface area contributed by atoms with Gasteiger partial charge in [0, 0.05) is 5.56 Å². The smallest absolute Gasteiger partial charge is 0.262 e. The van der Waals surface area contributed by atoms with E-state index >= 15 is 0 Å². The Hall–Kier alpha value is -2.35. The number of rotatable bonds is 2. The van der Waals surface area contributed by atoms with Gasteiger partial charge in [-0.15, -0.1) is 0 Å². The molecule has 2 rings (SSSR count). The van der Waals surface area contributed by atoms with E-state index in [4.69, 9.17) is 10.00 Å². The third kappa shape index (κ3) is 2.05. The van der Waals surface area contributed by atoms with E-state index in [-0.39, 0.29) is 18.3 Å². The monoisotopic (exact) mass is 244 g/mol. The van der Waals surface area contributed by atoms with Gasteiger partial charge in [-0.2, -0.15) is 5.26 Å². The zero-order valence-electron chi connectivity index (χ0n) is 10.1. The van der Waals surface area contributed by atoms with Crippen LogP contribution >= 0.6 is 0 Å². The molecule has 18 heavy (non-hydrogen) atoms. The molecule has 0 fully saturated rings. The number of nitrogens with one attached hydrogen (secondary N) is 1. The predicted octanol–water partition coefficient (Wildman–Crippen LogP) is 1.75. The molecule has 0 aromatic heterocycles. The summed E-state index contributed by atoms with van der Waals surface area (Å²) in [4.78, 5) is 23.3. The Morgan fingerprint density at radius 1 is 1.50 bits per heavy atom. The van der Waals surface area contributed by atoms with Crippen LogP contribution < -0.4 is 10.1 Å². The van der Waals surface area contributed by atoms with E-state index in [1.54, 1.807) is 26.0 Å². The highest BCUT2D eigenvalue weighted by Crippen LogP contribution is 2.31. The van der Waals surface area contributed by atoms with Crippen LogP contribution in [-0.4, -0.2) is 18.3 Å². The molecule has 1 aromatic carbocycles. The van der Waals surface area contributed by atoms with Crippen molar-refractivity contribution in [3.63, 3.8) is 0 Å². The zero-order chi connectivity index (χ0) is 13.3. The molecule has 1 aromatic rings. The van der Waals surface area contributed by atoms with Crippen LogP contribution in [0, 0.1) is 16.7 Å². The first kappa shape index (κ1) is 12.1. The van der Waals surface area contributed by atoms with E-state index in [1.165, 1.54) is 6.07 Å². The number of nitriles is 1. The van der Waals surface area contributed by atoms with Crippen LogP contribution in [0.2, 0.25) is 0 Å². The number of hydrogen-bond donors (Lipinski definition) is 1. The highest BCUT2D eigenvalue weighted by atomic mass is 16.5. The Labute approximate surface area is 104 Å². The molecule has 5 nitrogen and oxygen atoms in total. The number of benzene rings is 1. The second-order valence-corrected chi connectivity index (χ2v) is 4.61. The number of nitrogens with zero attached hydrogens (tertiary/aromatic N) is 1. The van der Waals surface area contributed by atoms with Crippen molar-refractivity contribution in [2.24, 2.45) is 5.41 Å². The SMILES string of the molecule is CC(C)(C#N)C(=O)c1ccc2c(c1)NC(=O)CO2. The number of hydrogen-bond acceptors (Lipinski definition) is 4. The highest BCUT2D eigenvalue weighted by molar-refractivity contribution is 6.04. The predicted molar refractivity (Wildman–Crippen MR) is 64.3 cm³/mol. The Bertz CT molecular complexity index is 570. The number of fused-ring (bicyclic) bond motifs is 1. The van der Waals surface area contributed by atoms with E-state index in [9.17, 15) is 9.59 Å². The average molecular weight is 244 g/mol. The van der Waals surface area contributed by atoms with Gasteiger partial charge in [0.25, 0.3) is 5.91 Å². The standard InChI is InChI=1S/C13H12N2O3/c1-13(2,7-14)12(17)8-3-4-10-9(5-8)15-11(16)6-18-10/h3-5H,6H2,1-2H3,(H,15,16). The van der Waals surface area contributed by atoms with Crippen molar-refractivity contribution in [3.05, 3.63) is 23.8 Å². The largest absolute Gasteiger partial charge is 0.482 e. The maximum Gasteiger partial charge on any atom is 0.262 e. The fraction of sp³-hybridized carbons (Fsp3) is 0.308. The number of Topliss-reactive ketones (excluding diaryl/α,β-unsaturated/α-hetero) is 1. The lowest BCUT2D eigenvalue weighted by Gasteiger charge is -2.20. The van der Waals surface area contributed by atoms with E-state index in [0.717, 1.165) is 0 Å². The molecule has 0 spiro atoms. The van der Waals surface area contributed by atoms with Gasteiger partial charge in [0.15, 0.2) is 12.4 Å². The van der Waals surface area contributed by atoms with Crippen LogP contribution in [0.4, 0.5) is 5.69 Å². The molecule has 0 unspecified atom stereocenters. The summed E-state index contributed by atoms with van der Waals surface area (Å²) < 4.78 is 5.19. The minimum Gasteiger partial charge on any atom is -0.482 e. The minimum atomic E-state index is -1.09. The molecule has 1 amide bonds. The first-order valence-corrected chi connectivity index (χ1v) is 5.47. The van der Waals surface area contributed by atoms with Crippen LogP contribution in [-0.2, 0) is 4.79 Å². The molecule has 0 aliphatic carbocycles. The van der Waals surface area contributed by atoms with Gasteiger partial charge < -0.3 is 10.1 Å². The number of ketones is 1. The normalized spacial score (nSPS) is 13.9. The van der Waals surface area contributed by atoms with Crippen molar-refractivity contribution in [2.75, 3.05) is 11.9 Å². The van der Waals surface area contributed by atoms with Gasteiger partial charge in [0.1, 0.15) is 11.2 Å². The molecule has 92 valence electrons. The van der Waals surface area contributed by atoms with Crippen LogP contribution in [0.1, 0.15) is 24.2 Å². The molecule has 1 aliphatic heterocycles. The van der Waals surface area contributed by atoms with E-state index in [0.29, 0.717) is 17.0 Å². The summed E-state index contributed by atoms with van der Waals surface area (Å²) in [5, 5.41) is 11.6. The number of anilines is 1. The molecule has 1 heterocycles. The number of carbonyl (C=O) groups excluding carboxylic acids is 2. The molecule has 0 radical (unpaired) electrons. The molecule has 0 saturated carbocycles. The first-order valence-electron chi connectivity index (χ1n) is 5.47. The van der Waals surface area contributed by atoms with Gasteiger partial charge in [-0.25, -0.2) is 0 Å². The van der Waals surface area contributed by atoms with Gasteiger partial charge in [-0.05, 0) is 32.0 Å². The van der Waals surface area contributed by atoms with Gasteiger partial charge >= 0.3 is 0 Å². The molecular weight excluding hydrogens is 232 g/mol. The van der Waals surface area contributed by atoms with Crippen molar-refractivity contribution >= 4 is 17.4 Å². The van der Waals surface area contributed by atoms with Gasteiger partial charge in [0.2, 0.25) is 0 Å². The van der Waals surface area contributed by atoms with Crippen molar-refractivity contribution in [1.29, 1.82) is 5.26 Å². The summed E-state index contributed by atoms with van der Waals surface area (Å²) in [6.07, 6.45) is 0. The topological polar surface area (TPSA) is 79.2 Å². The second kappa shape index (κ2) is 4.15. The molecular formula is C13H12N2O3. The van der Waals surface area contributed by atoms with Gasteiger partial charge in [-0.3, -0.25) is 9.59 Å². The van der Waals surface area contributed by atoms with Crippen LogP contribution in [0.3, 0.4) is 0 Å². The Kier molecular flexibility index (Phi) is 2.79. The lowest BCUT2D eigenvalue weighted by Crippen LogP contribution is -2.26. The quantitative estimate of drug-likeness (QED) is 0.804. The van der Waals surface area contributed by atoms with Crippen molar-refractivity contribution in [1.82, 2.24) is 0 Å². The summed E-state index contributed by atoms with van der Waals surface area (Å²) in [6, 6.07) is 6.71. The average Bonchev–Trinajstić information content (AvgIpc) is 2.36. The van der Waals surface area contributed by atoms with Crippen molar-refractivity contribution in [2.45, 2.75) is 13.8 Å². The molecule has 0 atom stereocenters. The van der Waals surface area contributed by atoms with Crippen molar-refractivity contribution in [3.8, 4) is 11.8 Å². The lowest BCUT2D eigenvalue weighted by molar-refractivity contribution is -0.118. The molecule has 0 bridgehead atoms. The minimum absolute atomic E-state index is 0.0238. The van der Waals surface area contributed by atoms with E-state index < -0.39 is 5.41 Å². The lowest BCUT2D eigenvalue weighted by atomic mass is 9.86. The van der Waals surface area contributed by atoms with E-state index in [2.05, 4.69) is 5.32 Å².